The molecule has 10 atom stereocenters. The minimum absolute atomic E-state index is 0.0249. The second-order valence-corrected chi connectivity index (χ2v) is 28.6. The van der Waals surface area contributed by atoms with Crippen molar-refractivity contribution >= 4 is 91.1 Å². The highest BCUT2D eigenvalue weighted by molar-refractivity contribution is 8.07. The van der Waals surface area contributed by atoms with Gasteiger partial charge in [0, 0.05) is 17.5 Å². The minimum Gasteiger partial charge on any atom is -0.409 e. The van der Waals surface area contributed by atoms with Gasteiger partial charge in [0.2, 0.25) is 0 Å². The number of aromatic nitrogens is 8. The van der Waals surface area contributed by atoms with Crippen LogP contribution in [0, 0.1) is 11.3 Å². The number of ether oxygens (including phenoxy) is 1. The van der Waals surface area contributed by atoms with E-state index in [2.05, 4.69) is 61.3 Å². The molecule has 0 spiro atoms. The van der Waals surface area contributed by atoms with Crippen LogP contribution in [0.25, 0.3) is 22.3 Å². The standard InChI is InChI=1S/C43H48FN11O10P2S2Si/c1-43(2,3)70(4,5)65-35-28-19-27(54-23-50-31-36(46-21-48-38(31)54)52-40(56)25-13-8-6-9-14-25)33(35)64-67(69,59-18-12-17-45)60-20-29-34(63-66(58,68)62-28)30(44)42(61-29)55-24-51-32-37(47-22-49-39(32)55)53-41(57)26-15-10-7-11-16-26/h6-11,13-16,21-24,27-30,33-35,42H,12,18-20H2,1-5H3,(H,58,68)(H,46,48,52,56)(H,47,49,53,57)/t27-,28+,29-,30-,33+,34-,35-,42-,66?,67?/m1/s1. The van der Waals surface area contributed by atoms with E-state index in [9.17, 15) is 19.7 Å². The number of hydrogen-bond donors (Lipinski definition) is 3. The molecule has 2 bridgehead atoms. The van der Waals surface area contributed by atoms with Crippen molar-refractivity contribution in [2.24, 2.45) is 0 Å². The highest BCUT2D eigenvalue weighted by Crippen LogP contribution is 2.60. The summed E-state index contributed by atoms with van der Waals surface area (Å²) in [5.41, 5.74) is 1.57. The Morgan fingerprint density at radius 1 is 0.857 bits per heavy atom. The Morgan fingerprint density at radius 2 is 1.43 bits per heavy atom. The Kier molecular flexibility index (Phi) is 14.3. The first kappa shape index (κ1) is 50.1. The molecule has 4 aromatic heterocycles. The van der Waals surface area contributed by atoms with Crippen LogP contribution in [0.5, 0.6) is 0 Å². The van der Waals surface area contributed by atoms with Crippen LogP contribution in [0.3, 0.4) is 0 Å². The molecule has 2 aliphatic heterocycles. The average molecular weight is 1050 g/mol. The Hall–Kier alpha value is -4.90. The number of nitrogens with zero attached hydrogens (tertiary/aromatic N) is 9. The van der Waals surface area contributed by atoms with Crippen molar-refractivity contribution in [2.75, 3.05) is 23.8 Å². The van der Waals surface area contributed by atoms with E-state index in [0.29, 0.717) is 16.8 Å². The van der Waals surface area contributed by atoms with E-state index < -0.39 is 89.1 Å². The fraction of sp³-hybridized carbons (Fsp3) is 0.419. The highest BCUT2D eigenvalue weighted by atomic mass is 32.5. The minimum atomic E-state index is -4.44. The van der Waals surface area contributed by atoms with Crippen molar-refractivity contribution < 1.29 is 50.7 Å². The number of alkyl halides is 1. The first-order valence-corrected chi connectivity index (χ1v) is 30.1. The lowest BCUT2D eigenvalue weighted by molar-refractivity contribution is -0.0567. The summed E-state index contributed by atoms with van der Waals surface area (Å²) in [5.74, 6) is -0.657. The van der Waals surface area contributed by atoms with Crippen LogP contribution in [0.4, 0.5) is 16.0 Å². The maximum absolute atomic E-state index is 17.2. The summed E-state index contributed by atoms with van der Waals surface area (Å²) >= 11 is 11.9. The molecule has 6 heterocycles. The van der Waals surface area contributed by atoms with Gasteiger partial charge in [-0.3, -0.25) is 18.7 Å². The van der Waals surface area contributed by atoms with Gasteiger partial charge in [-0.15, -0.1) is 0 Å². The fourth-order valence-electron chi connectivity index (χ4n) is 8.10. The van der Waals surface area contributed by atoms with Gasteiger partial charge in [-0.25, -0.2) is 34.3 Å². The Bertz CT molecular complexity index is 3060. The number of nitriles is 1. The maximum Gasteiger partial charge on any atom is 0.327 e. The summed E-state index contributed by atoms with van der Waals surface area (Å²) < 4.78 is 65.8. The van der Waals surface area contributed by atoms with E-state index in [1.54, 1.807) is 65.2 Å². The summed E-state index contributed by atoms with van der Waals surface area (Å²) in [5, 5.41) is 14.7. The number of anilines is 2. The zero-order valence-corrected chi connectivity index (χ0v) is 42.7. The van der Waals surface area contributed by atoms with E-state index in [1.165, 1.54) is 29.9 Å². The molecule has 368 valence electrons. The van der Waals surface area contributed by atoms with E-state index in [-0.39, 0.29) is 52.8 Å². The predicted molar refractivity (Wildman–Crippen MR) is 262 cm³/mol. The van der Waals surface area contributed by atoms with E-state index in [1.807, 2.05) is 19.2 Å². The van der Waals surface area contributed by atoms with Gasteiger partial charge in [-0.1, -0.05) is 57.2 Å². The molecular formula is C43H48FN11O10P2S2Si. The van der Waals surface area contributed by atoms with Crippen LogP contribution in [0.1, 0.15) is 66.6 Å². The zero-order chi connectivity index (χ0) is 49.6. The number of carbonyl (C=O) groups is 2. The number of fused-ring (bicyclic) bond motifs is 5. The summed E-state index contributed by atoms with van der Waals surface area (Å²) in [6.45, 7) is 1.07. The second-order valence-electron chi connectivity index (χ2n) is 18.1. The maximum atomic E-state index is 17.2. The number of amides is 2. The van der Waals surface area contributed by atoms with Crippen molar-refractivity contribution in [1.29, 1.82) is 5.26 Å². The largest absolute Gasteiger partial charge is 0.409 e. The van der Waals surface area contributed by atoms with Gasteiger partial charge in [-0.05, 0) is 66.0 Å². The Labute approximate surface area is 412 Å². The van der Waals surface area contributed by atoms with Gasteiger partial charge >= 0.3 is 13.4 Å². The third-order valence-corrected chi connectivity index (χ3v) is 21.0. The van der Waals surface area contributed by atoms with E-state index in [4.69, 9.17) is 55.4 Å². The number of imidazole rings is 2. The Balaban J connectivity index is 1.07. The molecule has 70 heavy (non-hydrogen) atoms. The van der Waals surface area contributed by atoms with Crippen molar-refractivity contribution in [3.05, 3.63) is 97.1 Å². The predicted octanol–water partition coefficient (Wildman–Crippen LogP) is 7.30. The number of carbonyl (C=O) groups excluding carboxylic acids is 2. The third-order valence-electron chi connectivity index (χ3n) is 12.6. The molecule has 2 amide bonds. The number of nitrogens with one attached hydrogen (secondary N) is 2. The van der Waals surface area contributed by atoms with Crippen LogP contribution < -0.4 is 10.6 Å². The zero-order valence-electron chi connectivity index (χ0n) is 38.3. The van der Waals surface area contributed by atoms with Crippen LogP contribution in [0.2, 0.25) is 18.1 Å². The SMILES string of the molecule is CC(C)(C)[Si](C)(C)O[C@H]1[C@H]2OP(=S)(OCCC#N)OC[C@H]3O[C@@H](n4cnc5c(NC(=O)c6ccccc6)ncnc54)[C@H](F)[C@@H]3OP(O)(=S)O[C@H]1C[C@H]2n1cnc2c(NC(=O)c3ccccc3)ncnc21. The van der Waals surface area contributed by atoms with E-state index in [0.717, 1.165) is 0 Å². The molecule has 2 unspecified atom stereocenters. The monoisotopic (exact) mass is 1050 g/mol. The topological polar surface area (TPSA) is 254 Å². The second kappa shape index (κ2) is 20.0. The molecule has 9 rings (SSSR count). The van der Waals surface area contributed by atoms with Crippen molar-refractivity contribution in [3.8, 4) is 6.07 Å². The molecule has 1 aliphatic carbocycles. The quantitative estimate of drug-likeness (QED) is 0.0653. The average Bonchev–Trinajstić information content (AvgIpc) is 4.10. The lowest BCUT2D eigenvalue weighted by Crippen LogP contribution is -2.50. The molecule has 2 saturated heterocycles. The van der Waals surface area contributed by atoms with Crippen LogP contribution in [-0.4, -0.2) is 114 Å². The normalized spacial score (nSPS) is 28.4. The molecule has 3 fully saturated rings. The fourth-order valence-corrected chi connectivity index (χ4v) is 13.3. The Morgan fingerprint density at radius 3 is 2.00 bits per heavy atom. The molecule has 0 radical (unpaired) electrons. The molecule has 2 aromatic carbocycles. The lowest BCUT2D eigenvalue weighted by atomic mass is 10.1. The van der Waals surface area contributed by atoms with Gasteiger partial charge < -0.3 is 47.4 Å². The summed E-state index contributed by atoms with van der Waals surface area (Å²) in [7, 11) is -2.77. The first-order valence-electron chi connectivity index (χ1n) is 22.0. The van der Waals surface area contributed by atoms with Gasteiger partial charge in [0.1, 0.15) is 37.1 Å². The first-order chi connectivity index (χ1) is 33.4. The smallest absolute Gasteiger partial charge is 0.327 e. The number of benzene rings is 2. The molecule has 27 heteroatoms. The molecule has 3 aliphatic rings. The molecule has 1 saturated carbocycles. The highest BCUT2D eigenvalue weighted by Gasteiger charge is 2.57. The van der Waals surface area contributed by atoms with Crippen LogP contribution in [0.15, 0.2) is 86.0 Å². The van der Waals surface area contributed by atoms with Gasteiger partial charge in [0.15, 0.2) is 54.7 Å². The van der Waals surface area contributed by atoms with Crippen molar-refractivity contribution in [2.45, 2.75) is 101 Å². The molecule has 21 nitrogen and oxygen atoms in total. The summed E-state index contributed by atoms with van der Waals surface area (Å²) in [6, 6.07) is 18.3. The summed E-state index contributed by atoms with van der Waals surface area (Å²) in [6.07, 6.45) is -4.54. The molecular weight excluding hydrogens is 1000 g/mol. The third kappa shape index (κ3) is 10.2. The lowest BCUT2D eigenvalue weighted by Gasteiger charge is -2.42. The number of halogens is 1. The van der Waals surface area contributed by atoms with Gasteiger partial charge in [0.25, 0.3) is 11.8 Å². The van der Waals surface area contributed by atoms with Gasteiger partial charge in [-0.2, -0.15) is 5.26 Å². The van der Waals surface area contributed by atoms with Crippen LogP contribution in [-0.2, 0) is 55.4 Å². The summed E-state index contributed by atoms with van der Waals surface area (Å²) in [4.78, 5) is 64.9. The van der Waals surface area contributed by atoms with E-state index >= 15 is 4.39 Å². The van der Waals surface area contributed by atoms with Gasteiger partial charge in [0.05, 0.1) is 50.5 Å². The van der Waals surface area contributed by atoms with Crippen molar-refractivity contribution in [1.82, 2.24) is 39.0 Å². The molecule has 6 aromatic rings. The van der Waals surface area contributed by atoms with Crippen LogP contribution >= 0.6 is 13.4 Å². The number of rotatable bonds is 11. The molecule has 3 N–H and O–H groups in total. The van der Waals surface area contributed by atoms with Crippen molar-refractivity contribution in [3.63, 3.8) is 0 Å². The number of hydrogen-bond acceptors (Lipinski definition) is 18.